The summed E-state index contributed by atoms with van der Waals surface area (Å²) in [5, 5.41) is 14.1. The SMILES string of the molecule is CNCCN(C)Cc1c[nH]nc1[C@@H]1CC[C@@]2(CC(C)(C)CO2)C(C(=O)NCCCOC)C1. The Morgan fingerprint density at radius 3 is 2.91 bits per heavy atom. The molecule has 1 saturated carbocycles. The fourth-order valence-corrected chi connectivity index (χ4v) is 5.47. The van der Waals surface area contributed by atoms with Crippen molar-refractivity contribution in [2.24, 2.45) is 11.3 Å². The van der Waals surface area contributed by atoms with Crippen LogP contribution in [0, 0.1) is 11.3 Å². The van der Waals surface area contributed by atoms with E-state index in [0.717, 1.165) is 64.0 Å². The average molecular weight is 450 g/mol. The van der Waals surface area contributed by atoms with Crippen molar-refractivity contribution in [2.75, 3.05) is 54.1 Å². The van der Waals surface area contributed by atoms with Gasteiger partial charge in [-0.25, -0.2) is 0 Å². The number of hydrogen-bond donors (Lipinski definition) is 3. The summed E-state index contributed by atoms with van der Waals surface area (Å²) >= 11 is 0. The van der Waals surface area contributed by atoms with Crippen LogP contribution in [-0.4, -0.2) is 80.7 Å². The van der Waals surface area contributed by atoms with Crippen LogP contribution in [0.4, 0.5) is 0 Å². The van der Waals surface area contributed by atoms with Crippen molar-refractivity contribution in [2.45, 2.75) is 64.0 Å². The number of aromatic nitrogens is 2. The molecule has 0 radical (unpaired) electrons. The fourth-order valence-electron chi connectivity index (χ4n) is 5.47. The van der Waals surface area contributed by atoms with Crippen molar-refractivity contribution in [3.63, 3.8) is 0 Å². The first-order valence-electron chi connectivity index (χ1n) is 12.1. The van der Waals surface area contributed by atoms with Gasteiger partial charge >= 0.3 is 0 Å². The Labute approximate surface area is 193 Å². The number of ether oxygens (including phenoxy) is 2. The molecule has 3 N–H and O–H groups in total. The zero-order valence-electron chi connectivity index (χ0n) is 20.6. The fraction of sp³-hybridized carbons (Fsp3) is 0.833. The predicted molar refractivity (Wildman–Crippen MR) is 126 cm³/mol. The van der Waals surface area contributed by atoms with Crippen LogP contribution in [0.1, 0.15) is 63.1 Å². The molecule has 1 aromatic rings. The van der Waals surface area contributed by atoms with Gasteiger partial charge < -0.3 is 25.0 Å². The van der Waals surface area contributed by atoms with E-state index in [4.69, 9.17) is 9.47 Å². The van der Waals surface area contributed by atoms with E-state index in [1.54, 1.807) is 7.11 Å². The molecule has 1 aliphatic carbocycles. The highest BCUT2D eigenvalue weighted by Crippen LogP contribution is 2.53. The second kappa shape index (κ2) is 11.1. The molecular formula is C24H43N5O3. The first-order chi connectivity index (χ1) is 15.3. The van der Waals surface area contributed by atoms with Gasteiger partial charge in [0.1, 0.15) is 0 Å². The van der Waals surface area contributed by atoms with E-state index >= 15 is 0 Å². The molecule has 3 rings (SSSR count). The number of aromatic amines is 1. The van der Waals surface area contributed by atoms with Crippen LogP contribution >= 0.6 is 0 Å². The zero-order valence-corrected chi connectivity index (χ0v) is 20.6. The molecule has 2 fully saturated rings. The lowest BCUT2D eigenvalue weighted by atomic mass is 9.65. The third-order valence-electron chi connectivity index (χ3n) is 7.06. The van der Waals surface area contributed by atoms with Gasteiger partial charge in [0.25, 0.3) is 0 Å². The van der Waals surface area contributed by atoms with Gasteiger partial charge in [0.15, 0.2) is 0 Å². The van der Waals surface area contributed by atoms with E-state index in [2.05, 4.69) is 46.6 Å². The number of hydrogen-bond acceptors (Lipinski definition) is 6. The Morgan fingerprint density at radius 2 is 2.22 bits per heavy atom. The molecule has 1 spiro atoms. The van der Waals surface area contributed by atoms with Crippen LogP contribution < -0.4 is 10.6 Å². The van der Waals surface area contributed by atoms with Crippen molar-refractivity contribution in [3.05, 3.63) is 17.5 Å². The Morgan fingerprint density at radius 1 is 1.41 bits per heavy atom. The molecule has 2 aliphatic rings. The van der Waals surface area contributed by atoms with Crippen LogP contribution in [0.5, 0.6) is 0 Å². The molecule has 1 saturated heterocycles. The summed E-state index contributed by atoms with van der Waals surface area (Å²) in [6.45, 7) is 9.28. The lowest BCUT2D eigenvalue weighted by molar-refractivity contribution is -0.141. The molecule has 2 heterocycles. The monoisotopic (exact) mass is 449 g/mol. The Hall–Kier alpha value is -1.48. The molecule has 182 valence electrons. The largest absolute Gasteiger partial charge is 0.385 e. The van der Waals surface area contributed by atoms with Crippen molar-refractivity contribution >= 4 is 5.91 Å². The van der Waals surface area contributed by atoms with Gasteiger partial charge in [0.2, 0.25) is 5.91 Å². The first kappa shape index (κ1) is 25.1. The summed E-state index contributed by atoms with van der Waals surface area (Å²) in [5.74, 6) is 0.227. The van der Waals surface area contributed by atoms with E-state index in [1.165, 1.54) is 5.56 Å². The zero-order chi connectivity index (χ0) is 23.2. The minimum Gasteiger partial charge on any atom is -0.385 e. The summed E-state index contributed by atoms with van der Waals surface area (Å²) in [5.41, 5.74) is 2.10. The van der Waals surface area contributed by atoms with E-state index < -0.39 is 0 Å². The summed E-state index contributed by atoms with van der Waals surface area (Å²) in [6, 6.07) is 0. The molecule has 8 heteroatoms. The molecule has 0 aromatic carbocycles. The Kier molecular flexibility index (Phi) is 8.72. The first-order valence-corrected chi connectivity index (χ1v) is 12.1. The van der Waals surface area contributed by atoms with Crippen LogP contribution in [0.15, 0.2) is 6.20 Å². The van der Waals surface area contributed by atoms with Crippen molar-refractivity contribution < 1.29 is 14.3 Å². The summed E-state index contributed by atoms with van der Waals surface area (Å²) in [6.07, 6.45) is 6.46. The predicted octanol–water partition coefficient (Wildman–Crippen LogP) is 2.28. The number of H-pyrrole nitrogens is 1. The number of carbonyl (C=O) groups excluding carboxylic acids is 1. The number of nitrogens with zero attached hydrogens (tertiary/aromatic N) is 2. The van der Waals surface area contributed by atoms with Crippen molar-refractivity contribution in [1.29, 1.82) is 0 Å². The number of methoxy groups -OCH3 is 1. The second-order valence-corrected chi connectivity index (χ2v) is 10.5. The third-order valence-corrected chi connectivity index (χ3v) is 7.06. The molecule has 32 heavy (non-hydrogen) atoms. The van der Waals surface area contributed by atoms with Crippen LogP contribution in [0.25, 0.3) is 0 Å². The minimum atomic E-state index is -0.356. The molecule has 1 amide bonds. The molecule has 1 unspecified atom stereocenters. The van der Waals surface area contributed by atoms with E-state index in [1.807, 2.05) is 13.2 Å². The normalized spacial score (nSPS) is 27.3. The molecule has 0 bridgehead atoms. The van der Waals surface area contributed by atoms with Gasteiger partial charge in [-0.1, -0.05) is 13.8 Å². The standard InChI is InChI=1S/C24H43N5O3/c1-23(2)16-24(32-17-23)8-7-18(13-20(24)22(30)26-9-6-12-31-5)21-19(14-27-28-21)15-29(4)11-10-25-3/h14,18,20,25H,6-13,15-17H2,1-5H3,(H,26,30)(H,27,28)/t18-,20?,24-/m1/s1. The number of carbonyl (C=O) groups is 1. The smallest absolute Gasteiger partial charge is 0.226 e. The maximum Gasteiger partial charge on any atom is 0.226 e. The van der Waals surface area contributed by atoms with Gasteiger partial charge in [0, 0.05) is 57.6 Å². The van der Waals surface area contributed by atoms with Crippen molar-refractivity contribution in [3.8, 4) is 0 Å². The van der Waals surface area contributed by atoms with Gasteiger partial charge in [-0.2, -0.15) is 5.10 Å². The highest BCUT2D eigenvalue weighted by atomic mass is 16.5. The number of rotatable bonds is 11. The molecule has 3 atom stereocenters. The lowest BCUT2D eigenvalue weighted by Crippen LogP contribution is -2.50. The number of amides is 1. The van der Waals surface area contributed by atoms with E-state index in [0.29, 0.717) is 13.2 Å². The number of nitrogens with one attached hydrogen (secondary N) is 3. The molecule has 1 aliphatic heterocycles. The minimum absolute atomic E-state index is 0.106. The molecule has 8 nitrogen and oxygen atoms in total. The quantitative estimate of drug-likeness (QED) is 0.449. The molecule has 1 aromatic heterocycles. The van der Waals surface area contributed by atoms with Gasteiger partial charge in [0.05, 0.1) is 23.8 Å². The van der Waals surface area contributed by atoms with E-state index in [-0.39, 0.29) is 28.8 Å². The maximum absolute atomic E-state index is 13.4. The van der Waals surface area contributed by atoms with Crippen molar-refractivity contribution in [1.82, 2.24) is 25.7 Å². The second-order valence-electron chi connectivity index (χ2n) is 10.5. The van der Waals surface area contributed by atoms with Crippen LogP contribution in [0.3, 0.4) is 0 Å². The summed E-state index contributed by atoms with van der Waals surface area (Å²) < 4.78 is 11.6. The summed E-state index contributed by atoms with van der Waals surface area (Å²) in [4.78, 5) is 15.7. The topological polar surface area (TPSA) is 91.5 Å². The Balaban J connectivity index is 1.73. The third kappa shape index (κ3) is 6.10. The Bertz CT molecular complexity index is 737. The van der Waals surface area contributed by atoms with Gasteiger partial charge in [-0.05, 0) is 51.6 Å². The summed E-state index contributed by atoms with van der Waals surface area (Å²) in [7, 11) is 5.80. The maximum atomic E-state index is 13.4. The van der Waals surface area contributed by atoms with Crippen LogP contribution in [0.2, 0.25) is 0 Å². The van der Waals surface area contributed by atoms with Gasteiger partial charge in [-0.15, -0.1) is 0 Å². The average Bonchev–Trinajstić information content (AvgIpc) is 3.34. The van der Waals surface area contributed by atoms with Gasteiger partial charge in [-0.3, -0.25) is 9.89 Å². The number of likely N-dealkylation sites (N-methyl/N-ethyl adjacent to an activating group) is 2. The lowest BCUT2D eigenvalue weighted by Gasteiger charge is -2.43. The van der Waals surface area contributed by atoms with E-state index in [9.17, 15) is 4.79 Å². The highest BCUT2D eigenvalue weighted by molar-refractivity contribution is 5.80. The highest BCUT2D eigenvalue weighted by Gasteiger charge is 2.54. The molecular weight excluding hydrogens is 406 g/mol. The van der Waals surface area contributed by atoms with Crippen LogP contribution in [-0.2, 0) is 20.8 Å².